The average Bonchev–Trinajstić information content (AvgIpc) is 2.43. The second-order valence-corrected chi connectivity index (χ2v) is 5.37. The first-order valence-electron chi connectivity index (χ1n) is 6.34. The molecule has 2 rings (SSSR count). The molecule has 0 amide bonds. The number of aromatic nitrogens is 1. The minimum atomic E-state index is 0.779. The van der Waals surface area contributed by atoms with Gasteiger partial charge in [0.25, 0.3) is 0 Å². The fourth-order valence-electron chi connectivity index (χ4n) is 1.95. The molecule has 2 aromatic rings. The predicted octanol–water partition coefficient (Wildman–Crippen LogP) is 3.45. The molecule has 0 saturated heterocycles. The van der Waals surface area contributed by atoms with Gasteiger partial charge in [-0.2, -0.15) is 0 Å². The fraction of sp³-hybridized carbons (Fsp3) is 0.267. The second-order valence-electron chi connectivity index (χ2n) is 4.51. The van der Waals surface area contributed by atoms with Crippen LogP contribution in [0.4, 0.5) is 5.69 Å². The van der Waals surface area contributed by atoms with E-state index in [0.29, 0.717) is 0 Å². The number of nitrogens with two attached hydrogens (primary N) is 1. The van der Waals surface area contributed by atoms with E-state index in [4.69, 9.17) is 5.73 Å². The fourth-order valence-corrected chi connectivity index (χ4v) is 2.38. The summed E-state index contributed by atoms with van der Waals surface area (Å²) in [7, 11) is 0. The number of hydrogen-bond acceptors (Lipinski definition) is 3. The van der Waals surface area contributed by atoms with E-state index in [-0.39, 0.29) is 0 Å². The summed E-state index contributed by atoms with van der Waals surface area (Å²) < 4.78 is 0.963. The summed E-state index contributed by atoms with van der Waals surface area (Å²) in [5.41, 5.74) is 9.13. The minimum Gasteiger partial charge on any atom is -0.398 e. The normalized spacial score (nSPS) is 10.9. The number of nitrogens with zero attached hydrogens (tertiary/aromatic N) is 2. The lowest BCUT2D eigenvalue weighted by Gasteiger charge is -2.20. The van der Waals surface area contributed by atoms with Crippen molar-refractivity contribution in [3.8, 4) is 0 Å². The van der Waals surface area contributed by atoms with E-state index in [2.05, 4.69) is 57.0 Å². The maximum Gasteiger partial charge on any atom is 0.0458 e. The van der Waals surface area contributed by atoms with E-state index in [9.17, 15) is 0 Å². The molecule has 19 heavy (non-hydrogen) atoms. The third-order valence-electron chi connectivity index (χ3n) is 3.07. The molecule has 100 valence electrons. The Balaban J connectivity index is 2.04. The Morgan fingerprint density at radius 1 is 1.11 bits per heavy atom. The zero-order valence-corrected chi connectivity index (χ0v) is 12.6. The van der Waals surface area contributed by atoms with E-state index < -0.39 is 0 Å². The van der Waals surface area contributed by atoms with Gasteiger partial charge in [0.2, 0.25) is 0 Å². The van der Waals surface area contributed by atoms with Gasteiger partial charge in [-0.3, -0.25) is 9.88 Å². The van der Waals surface area contributed by atoms with Crippen LogP contribution >= 0.6 is 15.9 Å². The highest BCUT2D eigenvalue weighted by atomic mass is 79.9. The molecule has 0 spiro atoms. The molecule has 3 nitrogen and oxygen atoms in total. The molecule has 0 radical (unpaired) electrons. The maximum atomic E-state index is 5.81. The smallest absolute Gasteiger partial charge is 0.0458 e. The van der Waals surface area contributed by atoms with Crippen LogP contribution in [0.25, 0.3) is 0 Å². The Kier molecular flexibility index (Phi) is 4.93. The molecular formula is C15H18BrN3. The lowest BCUT2D eigenvalue weighted by Crippen LogP contribution is -2.22. The molecule has 0 aliphatic carbocycles. The zero-order chi connectivity index (χ0) is 13.7. The van der Waals surface area contributed by atoms with Crippen LogP contribution in [0.5, 0.6) is 0 Å². The molecule has 1 aromatic heterocycles. The van der Waals surface area contributed by atoms with E-state index in [1.54, 1.807) is 0 Å². The molecule has 1 aromatic carbocycles. The van der Waals surface area contributed by atoms with Gasteiger partial charge >= 0.3 is 0 Å². The van der Waals surface area contributed by atoms with Crippen LogP contribution in [-0.4, -0.2) is 16.4 Å². The Morgan fingerprint density at radius 3 is 2.42 bits per heavy atom. The quantitative estimate of drug-likeness (QED) is 0.858. The third kappa shape index (κ3) is 4.04. The second kappa shape index (κ2) is 6.68. The van der Waals surface area contributed by atoms with Crippen LogP contribution < -0.4 is 5.73 Å². The highest BCUT2D eigenvalue weighted by molar-refractivity contribution is 9.10. The summed E-state index contributed by atoms with van der Waals surface area (Å²) in [6.45, 7) is 5.02. The highest BCUT2D eigenvalue weighted by Gasteiger charge is 2.06. The molecule has 0 unspecified atom stereocenters. The summed E-state index contributed by atoms with van der Waals surface area (Å²) in [6.07, 6.45) is 3.67. The molecule has 2 N–H and O–H groups in total. The molecular weight excluding hydrogens is 302 g/mol. The summed E-state index contributed by atoms with van der Waals surface area (Å²) in [6, 6.07) is 10.2. The standard InChI is InChI=1S/C15H18BrN3/c1-2-19(10-12-5-7-18-8-6-12)11-13-3-4-15(17)14(16)9-13/h3-9H,2,10-11,17H2,1H3. The van der Waals surface area contributed by atoms with Crippen LogP contribution in [0, 0.1) is 0 Å². The van der Waals surface area contributed by atoms with E-state index in [1.807, 2.05) is 18.5 Å². The van der Waals surface area contributed by atoms with Crippen LogP contribution in [0.2, 0.25) is 0 Å². The van der Waals surface area contributed by atoms with Gasteiger partial charge in [0.1, 0.15) is 0 Å². The number of halogens is 1. The molecule has 0 aliphatic rings. The van der Waals surface area contributed by atoms with Gasteiger partial charge in [-0.05, 0) is 57.9 Å². The average molecular weight is 320 g/mol. The summed E-state index contributed by atoms with van der Waals surface area (Å²) in [4.78, 5) is 6.43. The van der Waals surface area contributed by atoms with Crippen molar-refractivity contribution in [1.82, 2.24) is 9.88 Å². The van der Waals surface area contributed by atoms with E-state index >= 15 is 0 Å². The monoisotopic (exact) mass is 319 g/mol. The summed E-state index contributed by atoms with van der Waals surface area (Å²) in [5.74, 6) is 0. The van der Waals surface area contributed by atoms with Gasteiger partial charge in [0.05, 0.1) is 0 Å². The van der Waals surface area contributed by atoms with Crippen molar-refractivity contribution in [3.63, 3.8) is 0 Å². The molecule has 0 saturated carbocycles. The lowest BCUT2D eigenvalue weighted by atomic mass is 10.1. The number of hydrogen-bond donors (Lipinski definition) is 1. The van der Waals surface area contributed by atoms with Crippen LogP contribution in [0.15, 0.2) is 47.2 Å². The number of nitrogen functional groups attached to an aromatic ring is 1. The maximum absolute atomic E-state index is 5.81. The molecule has 0 aliphatic heterocycles. The van der Waals surface area contributed by atoms with Crippen LogP contribution in [-0.2, 0) is 13.1 Å². The lowest BCUT2D eigenvalue weighted by molar-refractivity contribution is 0.271. The third-order valence-corrected chi connectivity index (χ3v) is 3.76. The Hall–Kier alpha value is -1.39. The van der Waals surface area contributed by atoms with Gasteiger partial charge in [-0.15, -0.1) is 0 Å². The Labute approximate surface area is 122 Å². The minimum absolute atomic E-state index is 0.779. The molecule has 0 fully saturated rings. The Morgan fingerprint density at radius 2 is 1.79 bits per heavy atom. The largest absolute Gasteiger partial charge is 0.398 e. The molecule has 0 bridgehead atoms. The number of rotatable bonds is 5. The Bertz CT molecular complexity index is 528. The first-order valence-corrected chi connectivity index (χ1v) is 7.13. The summed E-state index contributed by atoms with van der Waals surface area (Å²) in [5, 5.41) is 0. The van der Waals surface area contributed by atoms with Crippen LogP contribution in [0.1, 0.15) is 18.1 Å². The van der Waals surface area contributed by atoms with E-state index in [0.717, 1.165) is 29.8 Å². The van der Waals surface area contributed by atoms with Crippen molar-refractivity contribution >= 4 is 21.6 Å². The topological polar surface area (TPSA) is 42.2 Å². The first-order chi connectivity index (χ1) is 9.19. The SMILES string of the molecule is CCN(Cc1ccncc1)Cc1ccc(N)c(Br)c1. The van der Waals surface area contributed by atoms with Crippen LogP contribution in [0.3, 0.4) is 0 Å². The van der Waals surface area contributed by atoms with Gasteiger partial charge in [0.15, 0.2) is 0 Å². The van der Waals surface area contributed by atoms with E-state index in [1.165, 1.54) is 11.1 Å². The molecule has 1 heterocycles. The van der Waals surface area contributed by atoms with Crippen molar-refractivity contribution in [2.75, 3.05) is 12.3 Å². The van der Waals surface area contributed by atoms with Crippen molar-refractivity contribution in [3.05, 3.63) is 58.3 Å². The number of anilines is 1. The molecule has 4 heteroatoms. The van der Waals surface area contributed by atoms with Gasteiger partial charge in [0, 0.05) is 35.6 Å². The first kappa shape index (κ1) is 14.0. The molecule has 0 atom stereocenters. The highest BCUT2D eigenvalue weighted by Crippen LogP contribution is 2.21. The van der Waals surface area contributed by atoms with Crippen molar-refractivity contribution in [2.45, 2.75) is 20.0 Å². The van der Waals surface area contributed by atoms with Crippen molar-refractivity contribution < 1.29 is 0 Å². The van der Waals surface area contributed by atoms with Gasteiger partial charge < -0.3 is 5.73 Å². The number of pyridine rings is 1. The predicted molar refractivity (Wildman–Crippen MR) is 82.6 cm³/mol. The summed E-state index contributed by atoms with van der Waals surface area (Å²) >= 11 is 3.47. The van der Waals surface area contributed by atoms with Gasteiger partial charge in [-0.25, -0.2) is 0 Å². The number of benzene rings is 1. The van der Waals surface area contributed by atoms with Crippen molar-refractivity contribution in [2.24, 2.45) is 0 Å². The van der Waals surface area contributed by atoms with Crippen molar-refractivity contribution in [1.29, 1.82) is 0 Å². The zero-order valence-electron chi connectivity index (χ0n) is 11.0. The van der Waals surface area contributed by atoms with Gasteiger partial charge in [-0.1, -0.05) is 13.0 Å².